The minimum atomic E-state index is 0.302. The van der Waals surface area contributed by atoms with Crippen molar-refractivity contribution in [3.05, 3.63) is 71.3 Å². The number of aromatic nitrogens is 2. The summed E-state index contributed by atoms with van der Waals surface area (Å²) in [6.45, 7) is 8.49. The molecule has 1 atom stereocenters. The van der Waals surface area contributed by atoms with Gasteiger partial charge in [0.05, 0.1) is 18.5 Å². The van der Waals surface area contributed by atoms with Gasteiger partial charge in [-0.15, -0.1) is 0 Å². The van der Waals surface area contributed by atoms with Gasteiger partial charge in [-0.3, -0.25) is 9.89 Å². The van der Waals surface area contributed by atoms with Crippen LogP contribution in [0.25, 0.3) is 0 Å². The Kier molecular flexibility index (Phi) is 5.71. The lowest BCUT2D eigenvalue weighted by Crippen LogP contribution is -2.33. The van der Waals surface area contributed by atoms with Gasteiger partial charge in [0, 0.05) is 50.8 Å². The highest BCUT2D eigenvalue weighted by Gasteiger charge is 2.24. The van der Waals surface area contributed by atoms with Crippen molar-refractivity contribution in [3.63, 3.8) is 0 Å². The minimum absolute atomic E-state index is 0.302. The molecule has 0 N–H and O–H groups in total. The second-order valence-corrected chi connectivity index (χ2v) is 7.28. The summed E-state index contributed by atoms with van der Waals surface area (Å²) >= 11 is 0. The van der Waals surface area contributed by atoms with Crippen molar-refractivity contribution in [2.75, 3.05) is 20.2 Å². The molecule has 0 aliphatic carbocycles. The van der Waals surface area contributed by atoms with Crippen LogP contribution in [0.15, 0.2) is 53.9 Å². The van der Waals surface area contributed by atoms with Gasteiger partial charge in [-0.05, 0) is 30.2 Å². The van der Waals surface area contributed by atoms with E-state index >= 15 is 0 Å². The number of allylic oxidation sites excluding steroid dienone is 3. The van der Waals surface area contributed by atoms with Gasteiger partial charge in [0.2, 0.25) is 0 Å². The van der Waals surface area contributed by atoms with E-state index in [9.17, 15) is 0 Å². The maximum atomic E-state index is 5.74. The van der Waals surface area contributed by atoms with E-state index in [2.05, 4.69) is 51.6 Å². The van der Waals surface area contributed by atoms with Crippen LogP contribution in [0.5, 0.6) is 11.8 Å². The number of fused-ring (bicyclic) bond motifs is 2. The molecule has 29 heavy (non-hydrogen) atoms. The third kappa shape index (κ3) is 4.22. The Morgan fingerprint density at radius 1 is 1.34 bits per heavy atom. The molecule has 0 saturated carbocycles. The van der Waals surface area contributed by atoms with Crippen molar-refractivity contribution in [1.29, 1.82) is 0 Å². The van der Waals surface area contributed by atoms with Gasteiger partial charge in [-0.1, -0.05) is 24.8 Å². The SMILES string of the molecule is C=C/C=C(\C=NC)Oc1ncc2c(n1)CCN(C(C)c1ccc3c(c1)OCC3)C2. The normalized spacial score (nSPS) is 17.5. The van der Waals surface area contributed by atoms with E-state index in [4.69, 9.17) is 9.47 Å². The first-order valence-electron chi connectivity index (χ1n) is 9.95. The second-order valence-electron chi connectivity index (χ2n) is 7.28. The van der Waals surface area contributed by atoms with Crippen LogP contribution in [-0.4, -0.2) is 41.3 Å². The maximum absolute atomic E-state index is 5.74. The van der Waals surface area contributed by atoms with Crippen molar-refractivity contribution < 1.29 is 9.47 Å². The number of rotatable bonds is 6. The Hall–Kier alpha value is -2.99. The predicted molar refractivity (Wildman–Crippen MR) is 114 cm³/mol. The maximum Gasteiger partial charge on any atom is 0.322 e. The van der Waals surface area contributed by atoms with Crippen molar-refractivity contribution in [1.82, 2.24) is 14.9 Å². The Morgan fingerprint density at radius 3 is 3.07 bits per heavy atom. The van der Waals surface area contributed by atoms with Crippen LogP contribution < -0.4 is 9.47 Å². The van der Waals surface area contributed by atoms with E-state index in [0.717, 1.165) is 49.5 Å². The number of aliphatic imine (C=N–C) groups is 1. The Labute approximate surface area is 171 Å². The van der Waals surface area contributed by atoms with Crippen LogP contribution in [0, 0.1) is 0 Å². The molecule has 0 fully saturated rings. The van der Waals surface area contributed by atoms with Crippen LogP contribution in [0.1, 0.15) is 35.3 Å². The first-order valence-corrected chi connectivity index (χ1v) is 9.95. The number of benzene rings is 1. The molecule has 0 spiro atoms. The summed E-state index contributed by atoms with van der Waals surface area (Å²) in [5.74, 6) is 1.60. The topological polar surface area (TPSA) is 59.8 Å². The third-order valence-electron chi connectivity index (χ3n) is 5.44. The quantitative estimate of drug-likeness (QED) is 0.428. The number of ether oxygens (including phenoxy) is 2. The van der Waals surface area contributed by atoms with E-state index in [-0.39, 0.29) is 0 Å². The lowest BCUT2D eigenvalue weighted by Gasteiger charge is -2.33. The van der Waals surface area contributed by atoms with Crippen LogP contribution in [0.4, 0.5) is 0 Å². The highest BCUT2D eigenvalue weighted by molar-refractivity contribution is 5.76. The Balaban J connectivity index is 1.47. The molecule has 2 aliphatic rings. The van der Waals surface area contributed by atoms with Gasteiger partial charge >= 0.3 is 6.01 Å². The molecule has 6 heteroatoms. The van der Waals surface area contributed by atoms with Crippen LogP contribution >= 0.6 is 0 Å². The zero-order valence-electron chi connectivity index (χ0n) is 17.0. The molecule has 150 valence electrons. The molecular weight excluding hydrogens is 364 g/mol. The van der Waals surface area contributed by atoms with Crippen molar-refractivity contribution >= 4 is 6.21 Å². The Bertz CT molecular complexity index is 967. The van der Waals surface area contributed by atoms with Gasteiger partial charge in [-0.2, -0.15) is 4.98 Å². The van der Waals surface area contributed by atoms with Gasteiger partial charge in [0.25, 0.3) is 0 Å². The summed E-state index contributed by atoms with van der Waals surface area (Å²) in [6.07, 6.45) is 8.75. The van der Waals surface area contributed by atoms with Crippen molar-refractivity contribution in [2.45, 2.75) is 32.4 Å². The van der Waals surface area contributed by atoms with E-state index < -0.39 is 0 Å². The first-order chi connectivity index (χ1) is 14.2. The molecule has 2 aromatic rings. The van der Waals surface area contributed by atoms with Crippen LogP contribution in [0.3, 0.4) is 0 Å². The fourth-order valence-corrected chi connectivity index (χ4v) is 3.81. The molecular formula is C23H26N4O2. The summed E-state index contributed by atoms with van der Waals surface area (Å²) < 4.78 is 11.5. The second kappa shape index (κ2) is 8.57. The summed E-state index contributed by atoms with van der Waals surface area (Å²) in [7, 11) is 1.69. The first kappa shape index (κ1) is 19.3. The number of nitrogens with zero attached hydrogens (tertiary/aromatic N) is 4. The van der Waals surface area contributed by atoms with Crippen LogP contribution in [0.2, 0.25) is 0 Å². The smallest absolute Gasteiger partial charge is 0.322 e. The lowest BCUT2D eigenvalue weighted by atomic mass is 10.00. The van der Waals surface area contributed by atoms with Crippen LogP contribution in [-0.2, 0) is 19.4 Å². The summed E-state index contributed by atoms with van der Waals surface area (Å²) in [4.78, 5) is 15.4. The fraction of sp³-hybridized carbons (Fsp3) is 0.348. The standard InChI is InChI=1S/C23H26N4O2/c1-4-5-20(14-24-3)29-23-25-13-19-15-27(10-8-21(19)26-23)16(2)18-7-6-17-9-11-28-22(17)12-18/h4-7,12-14,16H,1,8-11,15H2,2-3H3/b20-5+,24-14?. The van der Waals surface area contributed by atoms with E-state index in [1.165, 1.54) is 11.1 Å². The zero-order valence-corrected chi connectivity index (χ0v) is 17.0. The molecule has 3 heterocycles. The largest absolute Gasteiger partial charge is 0.493 e. The van der Waals surface area contributed by atoms with E-state index in [0.29, 0.717) is 17.8 Å². The summed E-state index contributed by atoms with van der Waals surface area (Å²) in [5.41, 5.74) is 4.78. The van der Waals surface area contributed by atoms with Gasteiger partial charge in [0.1, 0.15) is 11.5 Å². The molecule has 1 unspecified atom stereocenters. The lowest BCUT2D eigenvalue weighted by molar-refractivity contribution is 0.189. The molecule has 2 aliphatic heterocycles. The molecule has 0 amide bonds. The highest BCUT2D eigenvalue weighted by atomic mass is 16.5. The molecule has 0 bridgehead atoms. The van der Waals surface area contributed by atoms with Gasteiger partial charge in [-0.25, -0.2) is 4.98 Å². The van der Waals surface area contributed by atoms with E-state index in [1.807, 2.05) is 6.20 Å². The number of hydrogen-bond acceptors (Lipinski definition) is 6. The molecule has 6 nitrogen and oxygen atoms in total. The Morgan fingerprint density at radius 2 is 2.24 bits per heavy atom. The third-order valence-corrected chi connectivity index (χ3v) is 5.44. The monoisotopic (exact) mass is 390 g/mol. The molecule has 1 aromatic carbocycles. The van der Waals surface area contributed by atoms with Gasteiger partial charge < -0.3 is 9.47 Å². The minimum Gasteiger partial charge on any atom is -0.493 e. The van der Waals surface area contributed by atoms with E-state index in [1.54, 1.807) is 25.4 Å². The average Bonchev–Trinajstić information content (AvgIpc) is 3.21. The van der Waals surface area contributed by atoms with Crippen molar-refractivity contribution in [2.24, 2.45) is 4.99 Å². The van der Waals surface area contributed by atoms with Crippen molar-refractivity contribution in [3.8, 4) is 11.8 Å². The molecule has 0 saturated heterocycles. The predicted octanol–water partition coefficient (Wildman–Crippen LogP) is 3.68. The fourth-order valence-electron chi connectivity index (χ4n) is 3.81. The molecule has 1 aromatic heterocycles. The summed E-state index contributed by atoms with van der Waals surface area (Å²) in [5, 5.41) is 0. The van der Waals surface area contributed by atoms with Gasteiger partial charge in [0.15, 0.2) is 0 Å². The highest BCUT2D eigenvalue weighted by Crippen LogP contribution is 2.32. The average molecular weight is 390 g/mol. The zero-order chi connectivity index (χ0) is 20.2. The molecule has 4 rings (SSSR count). The number of hydrogen-bond donors (Lipinski definition) is 0. The summed E-state index contributed by atoms with van der Waals surface area (Å²) in [6, 6.07) is 7.26. The molecule has 0 radical (unpaired) electrons.